The molecule has 0 radical (unpaired) electrons. The number of halogens is 4. The maximum atomic E-state index is 13.9. The van der Waals surface area contributed by atoms with Gasteiger partial charge in [-0.05, 0) is 48.5 Å². The van der Waals surface area contributed by atoms with Crippen molar-refractivity contribution in [2.45, 2.75) is 9.79 Å². The number of hydrogen-bond acceptors (Lipinski definition) is 16. The highest BCUT2D eigenvalue weighted by atomic mass is 32.2. The Labute approximate surface area is 383 Å². The van der Waals surface area contributed by atoms with Crippen LogP contribution in [0.15, 0.2) is 82.6 Å². The SMILES string of the molecule is O=C(NCCN1CCOCC1)Nc1nc2ccc(OS(=O)(=O)c3c(F)cccc3F)cc2s1.O=C(NCCN1CCOCC1)Nc1nc2ccc(OS(=O)(=O)c3c(F)cccc3F)cc2s1. The van der Waals surface area contributed by atoms with Gasteiger partial charge in [0, 0.05) is 64.5 Å². The van der Waals surface area contributed by atoms with Crippen LogP contribution >= 0.6 is 22.7 Å². The van der Waals surface area contributed by atoms with Gasteiger partial charge in [-0.3, -0.25) is 20.4 Å². The molecule has 2 aliphatic rings. The number of amides is 4. The highest BCUT2D eigenvalue weighted by Crippen LogP contribution is 2.33. The number of ether oxygens (including phenoxy) is 2. The number of benzene rings is 4. The lowest BCUT2D eigenvalue weighted by molar-refractivity contribution is 0.0387. The molecule has 2 saturated heterocycles. The number of carbonyl (C=O) groups is 2. The minimum atomic E-state index is -4.73. The van der Waals surface area contributed by atoms with Crippen molar-refractivity contribution < 1.29 is 61.8 Å². The van der Waals surface area contributed by atoms with Crippen molar-refractivity contribution in [3.05, 3.63) is 96.1 Å². The fraction of sp³-hybridized carbons (Fsp3) is 0.300. The molecular formula is C40H40F4N8O10S4. The second kappa shape index (κ2) is 21.7. The summed E-state index contributed by atoms with van der Waals surface area (Å²) in [5.41, 5.74) is 0.982. The monoisotopic (exact) mass is 996 g/mol. The minimum absolute atomic E-state index is 0.143. The largest absolute Gasteiger partial charge is 0.379 e. The number of urea groups is 2. The summed E-state index contributed by atoms with van der Waals surface area (Å²) in [5.74, 6) is -5.29. The van der Waals surface area contributed by atoms with Gasteiger partial charge >= 0.3 is 32.3 Å². The van der Waals surface area contributed by atoms with Gasteiger partial charge in [0.1, 0.15) is 34.8 Å². The highest BCUT2D eigenvalue weighted by molar-refractivity contribution is 7.87. The van der Waals surface area contributed by atoms with Crippen LogP contribution in [0.4, 0.5) is 37.4 Å². The van der Waals surface area contributed by atoms with Crippen molar-refractivity contribution >= 4 is 85.7 Å². The molecule has 0 unspecified atom stereocenters. The van der Waals surface area contributed by atoms with E-state index in [2.05, 4.69) is 41.0 Å². The van der Waals surface area contributed by atoms with E-state index in [-0.39, 0.29) is 11.5 Å². The molecule has 352 valence electrons. The number of nitrogens with one attached hydrogen (secondary N) is 4. The Hall–Kier alpha value is -5.74. The fourth-order valence-electron chi connectivity index (χ4n) is 6.39. The van der Waals surface area contributed by atoms with Crippen molar-refractivity contribution in [1.82, 2.24) is 30.4 Å². The van der Waals surface area contributed by atoms with E-state index in [9.17, 15) is 44.0 Å². The Morgan fingerprint density at radius 2 is 0.955 bits per heavy atom. The molecule has 6 aromatic rings. The summed E-state index contributed by atoms with van der Waals surface area (Å²) < 4.78 is 126. The first-order valence-electron chi connectivity index (χ1n) is 19.9. The number of hydrogen-bond donors (Lipinski definition) is 4. The second-order valence-electron chi connectivity index (χ2n) is 14.1. The molecule has 4 amide bonds. The van der Waals surface area contributed by atoms with Crippen LogP contribution in [-0.4, -0.2) is 127 Å². The van der Waals surface area contributed by atoms with Crippen molar-refractivity contribution in [3.8, 4) is 11.5 Å². The Morgan fingerprint density at radius 3 is 1.32 bits per heavy atom. The number of nitrogens with zero attached hydrogens (tertiary/aromatic N) is 4. The number of morpholine rings is 2. The molecule has 0 saturated carbocycles. The van der Waals surface area contributed by atoms with Crippen molar-refractivity contribution in [2.75, 3.05) is 89.4 Å². The molecule has 4 N–H and O–H groups in total. The number of anilines is 2. The topological polar surface area (TPSA) is 220 Å². The molecule has 0 aliphatic carbocycles. The van der Waals surface area contributed by atoms with Gasteiger partial charge in [0.15, 0.2) is 20.1 Å². The Kier molecular flexibility index (Phi) is 15.9. The number of thiazole rings is 2. The van der Waals surface area contributed by atoms with Crippen molar-refractivity contribution in [2.24, 2.45) is 0 Å². The number of fused-ring (bicyclic) bond motifs is 2. The van der Waals surface area contributed by atoms with E-state index >= 15 is 0 Å². The Bertz CT molecular complexity index is 2680. The summed E-state index contributed by atoms with van der Waals surface area (Å²) in [6.07, 6.45) is 0. The first-order valence-corrected chi connectivity index (χ1v) is 24.4. The van der Waals surface area contributed by atoms with Crippen LogP contribution in [-0.2, 0) is 29.7 Å². The van der Waals surface area contributed by atoms with Crippen LogP contribution < -0.4 is 29.6 Å². The summed E-state index contributed by atoms with van der Waals surface area (Å²) in [5, 5.41) is 11.4. The lowest BCUT2D eigenvalue weighted by atomic mass is 10.3. The van der Waals surface area contributed by atoms with E-state index < -0.39 is 65.4 Å². The predicted octanol–water partition coefficient (Wildman–Crippen LogP) is 5.59. The maximum Gasteiger partial charge on any atom is 0.345 e. The standard InChI is InChI=1S/2C20H20F2N4O5S2/c2*21-14-2-1-3-15(22)18(14)33(28,29)31-13-4-5-16-17(12-13)32-20(24-16)25-19(27)23-6-7-26-8-10-30-11-9-26/h2*1-5,12H,6-11H2,(H2,23,24,25,27). The van der Waals surface area contributed by atoms with E-state index in [0.29, 0.717) is 83.3 Å². The van der Waals surface area contributed by atoms with Gasteiger partial charge in [-0.2, -0.15) is 16.8 Å². The molecule has 0 bridgehead atoms. The summed E-state index contributed by atoms with van der Waals surface area (Å²) in [4.78, 5) is 34.8. The molecule has 0 atom stereocenters. The summed E-state index contributed by atoms with van der Waals surface area (Å²) >= 11 is 2.19. The van der Waals surface area contributed by atoms with Crippen LogP contribution in [0.25, 0.3) is 20.4 Å². The maximum absolute atomic E-state index is 13.9. The smallest absolute Gasteiger partial charge is 0.345 e. The van der Waals surface area contributed by atoms with Crippen LogP contribution in [0.2, 0.25) is 0 Å². The summed E-state index contributed by atoms with van der Waals surface area (Å²) in [6.45, 7) is 8.34. The molecule has 18 nitrogen and oxygen atoms in total. The van der Waals surface area contributed by atoms with E-state index in [1.807, 2.05) is 0 Å². The fourth-order valence-corrected chi connectivity index (χ4v) is 10.3. The van der Waals surface area contributed by atoms with Crippen LogP contribution in [0.1, 0.15) is 0 Å². The number of aromatic nitrogens is 2. The molecule has 2 aliphatic heterocycles. The number of carbonyl (C=O) groups excluding carboxylic acids is 2. The van der Waals surface area contributed by atoms with Gasteiger partial charge in [0.25, 0.3) is 0 Å². The molecule has 0 spiro atoms. The minimum Gasteiger partial charge on any atom is -0.379 e. The molecule has 26 heteroatoms. The molecule has 4 aromatic carbocycles. The second-order valence-corrected chi connectivity index (χ2v) is 19.2. The zero-order chi connectivity index (χ0) is 46.8. The average molecular weight is 997 g/mol. The van der Waals surface area contributed by atoms with E-state index in [1.54, 1.807) is 0 Å². The van der Waals surface area contributed by atoms with E-state index in [1.165, 1.54) is 36.4 Å². The van der Waals surface area contributed by atoms with Gasteiger partial charge in [0.2, 0.25) is 0 Å². The third-order valence-electron chi connectivity index (χ3n) is 9.55. The van der Waals surface area contributed by atoms with E-state index in [4.69, 9.17) is 17.8 Å². The van der Waals surface area contributed by atoms with Crippen LogP contribution in [0, 0.1) is 23.3 Å². The first-order chi connectivity index (χ1) is 31.6. The normalized spacial score (nSPS) is 14.8. The predicted molar refractivity (Wildman–Crippen MR) is 236 cm³/mol. The van der Waals surface area contributed by atoms with E-state index in [0.717, 1.165) is 85.3 Å². The lowest BCUT2D eigenvalue weighted by Gasteiger charge is -2.26. The third kappa shape index (κ3) is 12.8. The van der Waals surface area contributed by atoms with Gasteiger partial charge in [0.05, 0.1) is 46.9 Å². The van der Waals surface area contributed by atoms with Crippen LogP contribution in [0.5, 0.6) is 11.5 Å². The summed E-state index contributed by atoms with van der Waals surface area (Å²) in [6, 6.07) is 12.9. The Morgan fingerprint density at radius 1 is 0.591 bits per heavy atom. The number of rotatable bonds is 14. The van der Waals surface area contributed by atoms with Crippen LogP contribution in [0.3, 0.4) is 0 Å². The molecular weight excluding hydrogens is 957 g/mol. The lowest BCUT2D eigenvalue weighted by Crippen LogP contribution is -2.42. The molecule has 2 fully saturated rings. The van der Waals surface area contributed by atoms with Gasteiger partial charge in [-0.1, -0.05) is 34.8 Å². The molecule has 2 aromatic heterocycles. The Balaban J connectivity index is 0.000000196. The van der Waals surface area contributed by atoms with Gasteiger partial charge in [-0.25, -0.2) is 37.1 Å². The highest BCUT2D eigenvalue weighted by Gasteiger charge is 2.28. The summed E-state index contributed by atoms with van der Waals surface area (Å²) in [7, 11) is -9.47. The first kappa shape index (κ1) is 48.2. The van der Waals surface area contributed by atoms with Crippen molar-refractivity contribution in [3.63, 3.8) is 0 Å². The molecule has 4 heterocycles. The van der Waals surface area contributed by atoms with Gasteiger partial charge in [-0.15, -0.1) is 0 Å². The van der Waals surface area contributed by atoms with Gasteiger partial charge < -0.3 is 28.5 Å². The zero-order valence-corrected chi connectivity index (χ0v) is 37.7. The quantitative estimate of drug-likeness (QED) is 0.0773. The molecule has 8 rings (SSSR count). The molecule has 66 heavy (non-hydrogen) atoms. The zero-order valence-electron chi connectivity index (χ0n) is 34.4. The van der Waals surface area contributed by atoms with Crippen molar-refractivity contribution in [1.29, 1.82) is 0 Å². The third-order valence-corrected chi connectivity index (χ3v) is 14.0. The average Bonchev–Trinajstić information content (AvgIpc) is 3.86.